The minimum absolute atomic E-state index is 0.633. The molecule has 0 radical (unpaired) electrons. The van der Waals surface area contributed by atoms with Crippen LogP contribution in [-0.2, 0) is 12.8 Å². The van der Waals surface area contributed by atoms with E-state index in [0.717, 1.165) is 41.7 Å². The highest BCUT2D eigenvalue weighted by Crippen LogP contribution is 2.30. The quantitative estimate of drug-likeness (QED) is 0.919. The van der Waals surface area contributed by atoms with Crippen LogP contribution >= 0.6 is 11.3 Å². The molecule has 0 spiro atoms. The summed E-state index contributed by atoms with van der Waals surface area (Å²) in [7, 11) is 0. The molecule has 20 heavy (non-hydrogen) atoms. The van der Waals surface area contributed by atoms with Crippen molar-refractivity contribution in [3.63, 3.8) is 0 Å². The lowest BCUT2D eigenvalue weighted by Crippen LogP contribution is -2.15. The van der Waals surface area contributed by atoms with Crippen LogP contribution in [0.2, 0.25) is 0 Å². The van der Waals surface area contributed by atoms with Crippen LogP contribution in [0.5, 0.6) is 11.5 Å². The number of rotatable bonds is 5. The Hall–Kier alpha value is -1.75. The molecule has 0 amide bonds. The Morgan fingerprint density at radius 1 is 1.25 bits per heavy atom. The van der Waals surface area contributed by atoms with Crippen molar-refractivity contribution in [2.24, 2.45) is 0 Å². The number of fused-ring (bicyclic) bond motifs is 1. The molecule has 0 unspecified atom stereocenters. The second-order valence-electron chi connectivity index (χ2n) is 4.65. The Kier molecular flexibility index (Phi) is 4.06. The van der Waals surface area contributed by atoms with Crippen molar-refractivity contribution in [2.45, 2.75) is 19.8 Å². The molecule has 5 heteroatoms. The van der Waals surface area contributed by atoms with Gasteiger partial charge < -0.3 is 14.8 Å². The number of anilines is 1. The van der Waals surface area contributed by atoms with Gasteiger partial charge in [-0.1, -0.05) is 13.0 Å². The first kappa shape index (κ1) is 13.2. The summed E-state index contributed by atoms with van der Waals surface area (Å²) < 4.78 is 11.1. The first-order valence-corrected chi connectivity index (χ1v) is 7.80. The molecule has 0 fully saturated rings. The van der Waals surface area contributed by atoms with Crippen LogP contribution in [0.1, 0.15) is 18.2 Å². The summed E-state index contributed by atoms with van der Waals surface area (Å²) >= 11 is 1.67. The molecule has 0 saturated heterocycles. The fourth-order valence-corrected chi connectivity index (χ4v) is 2.93. The van der Waals surface area contributed by atoms with Crippen LogP contribution in [0.3, 0.4) is 0 Å². The summed E-state index contributed by atoms with van der Waals surface area (Å²) in [6.07, 6.45) is 1.93. The van der Waals surface area contributed by atoms with E-state index in [-0.39, 0.29) is 0 Å². The van der Waals surface area contributed by atoms with Crippen molar-refractivity contribution in [1.29, 1.82) is 0 Å². The molecular formula is C15H18N2O2S. The summed E-state index contributed by atoms with van der Waals surface area (Å²) in [5.41, 5.74) is 2.39. The van der Waals surface area contributed by atoms with E-state index >= 15 is 0 Å². The number of ether oxygens (including phenoxy) is 2. The Bertz CT molecular complexity index is 583. The van der Waals surface area contributed by atoms with Gasteiger partial charge in [0.25, 0.3) is 0 Å². The maximum atomic E-state index is 5.59. The molecule has 0 saturated carbocycles. The molecule has 0 aliphatic carbocycles. The number of aryl methyl sites for hydroxylation is 1. The van der Waals surface area contributed by atoms with Crippen LogP contribution in [0.15, 0.2) is 23.6 Å². The van der Waals surface area contributed by atoms with Crippen molar-refractivity contribution in [3.8, 4) is 11.5 Å². The summed E-state index contributed by atoms with van der Waals surface area (Å²) in [4.78, 5) is 4.49. The maximum Gasteiger partial charge on any atom is 0.182 e. The number of nitrogens with zero attached hydrogens (tertiary/aromatic N) is 1. The lowest BCUT2D eigenvalue weighted by atomic mass is 10.1. The van der Waals surface area contributed by atoms with E-state index in [2.05, 4.69) is 34.7 Å². The van der Waals surface area contributed by atoms with Gasteiger partial charge in [-0.25, -0.2) is 4.98 Å². The second kappa shape index (κ2) is 6.13. The van der Waals surface area contributed by atoms with Crippen LogP contribution in [0.4, 0.5) is 5.13 Å². The van der Waals surface area contributed by atoms with Gasteiger partial charge in [0.05, 0.1) is 5.69 Å². The predicted molar refractivity (Wildman–Crippen MR) is 81.1 cm³/mol. The van der Waals surface area contributed by atoms with Crippen molar-refractivity contribution in [1.82, 2.24) is 4.98 Å². The molecule has 2 aromatic rings. The minimum Gasteiger partial charge on any atom is -0.486 e. The van der Waals surface area contributed by atoms with Crippen molar-refractivity contribution < 1.29 is 9.47 Å². The van der Waals surface area contributed by atoms with Crippen molar-refractivity contribution in [3.05, 3.63) is 34.8 Å². The number of nitrogens with one attached hydrogen (secondary N) is 1. The largest absolute Gasteiger partial charge is 0.486 e. The molecule has 4 nitrogen and oxygen atoms in total. The summed E-state index contributed by atoms with van der Waals surface area (Å²) in [5.74, 6) is 1.71. The van der Waals surface area contributed by atoms with Gasteiger partial charge in [-0.2, -0.15) is 0 Å². The average molecular weight is 290 g/mol. The van der Waals surface area contributed by atoms with Crippen LogP contribution < -0.4 is 14.8 Å². The SMILES string of the molecule is CCc1csc(NCCc2ccc3c(c2)OCCO3)n1. The topological polar surface area (TPSA) is 43.4 Å². The van der Waals surface area contributed by atoms with E-state index in [1.807, 2.05) is 6.07 Å². The Labute approximate surface area is 122 Å². The smallest absolute Gasteiger partial charge is 0.182 e. The normalized spacial score (nSPS) is 13.2. The van der Waals surface area contributed by atoms with E-state index in [0.29, 0.717) is 13.2 Å². The van der Waals surface area contributed by atoms with Gasteiger partial charge in [0.1, 0.15) is 13.2 Å². The van der Waals surface area contributed by atoms with E-state index in [9.17, 15) is 0 Å². The first-order valence-electron chi connectivity index (χ1n) is 6.92. The Morgan fingerprint density at radius 3 is 2.90 bits per heavy atom. The molecule has 0 bridgehead atoms. The molecule has 3 rings (SSSR count). The maximum absolute atomic E-state index is 5.59. The third-order valence-corrected chi connectivity index (χ3v) is 4.06. The third-order valence-electron chi connectivity index (χ3n) is 3.21. The molecule has 0 atom stereocenters. The summed E-state index contributed by atoms with van der Waals surface area (Å²) in [6.45, 7) is 4.26. The second-order valence-corrected chi connectivity index (χ2v) is 5.51. The van der Waals surface area contributed by atoms with Gasteiger partial charge in [0.15, 0.2) is 16.6 Å². The zero-order valence-corrected chi connectivity index (χ0v) is 12.3. The Morgan fingerprint density at radius 2 is 2.10 bits per heavy atom. The van der Waals surface area contributed by atoms with Gasteiger partial charge in [-0.05, 0) is 30.5 Å². The molecule has 1 aromatic heterocycles. The van der Waals surface area contributed by atoms with Gasteiger partial charge in [-0.15, -0.1) is 11.3 Å². The van der Waals surface area contributed by atoms with Crippen LogP contribution in [0, 0.1) is 0 Å². The molecule has 1 aromatic carbocycles. The molecule has 106 valence electrons. The predicted octanol–water partition coefficient (Wildman–Crippen LogP) is 3.13. The fourth-order valence-electron chi connectivity index (χ4n) is 2.11. The van der Waals surface area contributed by atoms with Crippen LogP contribution in [-0.4, -0.2) is 24.7 Å². The van der Waals surface area contributed by atoms with E-state index in [1.165, 1.54) is 5.56 Å². The molecule has 1 aliphatic rings. The van der Waals surface area contributed by atoms with E-state index in [4.69, 9.17) is 9.47 Å². The highest BCUT2D eigenvalue weighted by atomic mass is 32.1. The number of aromatic nitrogens is 1. The lowest BCUT2D eigenvalue weighted by Gasteiger charge is -2.18. The van der Waals surface area contributed by atoms with Gasteiger partial charge in [-0.3, -0.25) is 0 Å². The summed E-state index contributed by atoms with van der Waals surface area (Å²) in [5, 5.41) is 6.47. The highest BCUT2D eigenvalue weighted by molar-refractivity contribution is 7.13. The molecular weight excluding hydrogens is 272 g/mol. The number of benzene rings is 1. The summed E-state index contributed by atoms with van der Waals surface area (Å²) in [6, 6.07) is 6.15. The minimum atomic E-state index is 0.633. The van der Waals surface area contributed by atoms with Gasteiger partial charge >= 0.3 is 0 Å². The average Bonchev–Trinajstić information content (AvgIpc) is 2.95. The van der Waals surface area contributed by atoms with Crippen molar-refractivity contribution in [2.75, 3.05) is 25.1 Å². The zero-order chi connectivity index (χ0) is 13.8. The molecule has 1 aliphatic heterocycles. The lowest BCUT2D eigenvalue weighted by molar-refractivity contribution is 0.171. The number of hydrogen-bond acceptors (Lipinski definition) is 5. The van der Waals surface area contributed by atoms with Crippen molar-refractivity contribution >= 4 is 16.5 Å². The monoisotopic (exact) mass is 290 g/mol. The standard InChI is InChI=1S/C15H18N2O2S/c1-2-12-10-20-15(17-12)16-6-5-11-3-4-13-14(9-11)19-8-7-18-13/h3-4,9-10H,2,5-8H2,1H3,(H,16,17). The molecule has 2 heterocycles. The van der Waals surface area contributed by atoms with Gasteiger partial charge in [0.2, 0.25) is 0 Å². The Balaban J connectivity index is 1.55. The zero-order valence-electron chi connectivity index (χ0n) is 11.5. The third kappa shape index (κ3) is 3.04. The van der Waals surface area contributed by atoms with Gasteiger partial charge in [0, 0.05) is 11.9 Å². The van der Waals surface area contributed by atoms with E-state index < -0.39 is 0 Å². The van der Waals surface area contributed by atoms with Crippen LogP contribution in [0.25, 0.3) is 0 Å². The molecule has 1 N–H and O–H groups in total. The first-order chi connectivity index (χ1) is 9.85. The number of hydrogen-bond donors (Lipinski definition) is 1. The number of thiazole rings is 1. The fraction of sp³-hybridized carbons (Fsp3) is 0.400. The van der Waals surface area contributed by atoms with E-state index in [1.54, 1.807) is 11.3 Å². The highest BCUT2D eigenvalue weighted by Gasteiger charge is 2.11.